The molecule has 0 spiro atoms. The van der Waals surface area contributed by atoms with Crippen LogP contribution in [0.25, 0.3) is 5.69 Å². The SMILES string of the molecule is Cc1cccc(COc2c(C)cn(-c3ccncc3)c(=O)c2C)c1. The second-order valence-electron chi connectivity index (χ2n) is 5.92. The van der Waals surface area contributed by atoms with Gasteiger partial charge in [0.05, 0.1) is 11.3 Å². The number of aryl methyl sites for hydroxylation is 2. The summed E-state index contributed by atoms with van der Waals surface area (Å²) in [5.41, 5.74) is 4.54. The van der Waals surface area contributed by atoms with E-state index in [1.165, 1.54) is 5.56 Å². The standard InChI is InChI=1S/C20H20N2O2/c1-14-5-4-6-17(11-14)13-24-19-15(2)12-22(20(23)16(19)3)18-7-9-21-10-8-18/h4-12H,13H2,1-3H3. The van der Waals surface area contributed by atoms with Crippen molar-refractivity contribution in [1.29, 1.82) is 0 Å². The van der Waals surface area contributed by atoms with Gasteiger partial charge < -0.3 is 4.74 Å². The summed E-state index contributed by atoms with van der Waals surface area (Å²) in [4.78, 5) is 16.7. The van der Waals surface area contributed by atoms with Crippen molar-refractivity contribution in [2.75, 3.05) is 0 Å². The summed E-state index contributed by atoms with van der Waals surface area (Å²) in [7, 11) is 0. The van der Waals surface area contributed by atoms with E-state index >= 15 is 0 Å². The second kappa shape index (κ2) is 6.71. The molecular formula is C20H20N2O2. The Kier molecular flexibility index (Phi) is 4.47. The van der Waals surface area contributed by atoms with Crippen LogP contribution in [0.3, 0.4) is 0 Å². The topological polar surface area (TPSA) is 44.1 Å². The molecule has 0 fully saturated rings. The van der Waals surface area contributed by atoms with Crippen LogP contribution < -0.4 is 10.3 Å². The number of hydrogen-bond acceptors (Lipinski definition) is 3. The predicted octanol–water partition coefficient (Wildman–Crippen LogP) is 3.74. The molecular weight excluding hydrogens is 300 g/mol. The van der Waals surface area contributed by atoms with Gasteiger partial charge in [-0.3, -0.25) is 14.3 Å². The highest BCUT2D eigenvalue weighted by atomic mass is 16.5. The summed E-state index contributed by atoms with van der Waals surface area (Å²) < 4.78 is 7.59. The summed E-state index contributed by atoms with van der Waals surface area (Å²) in [6.45, 7) is 6.26. The average Bonchev–Trinajstić information content (AvgIpc) is 2.59. The quantitative estimate of drug-likeness (QED) is 0.735. The zero-order chi connectivity index (χ0) is 17.1. The Morgan fingerprint density at radius 2 is 1.83 bits per heavy atom. The molecule has 3 aromatic rings. The van der Waals surface area contributed by atoms with Crippen LogP contribution in [-0.2, 0) is 6.61 Å². The van der Waals surface area contributed by atoms with E-state index in [2.05, 4.69) is 24.0 Å². The fourth-order valence-electron chi connectivity index (χ4n) is 2.76. The van der Waals surface area contributed by atoms with Gasteiger partial charge in [0.2, 0.25) is 0 Å². The maximum atomic E-state index is 12.7. The van der Waals surface area contributed by atoms with E-state index in [4.69, 9.17) is 4.74 Å². The third kappa shape index (κ3) is 3.23. The van der Waals surface area contributed by atoms with Gasteiger partial charge in [0.1, 0.15) is 12.4 Å². The molecule has 0 saturated carbocycles. The average molecular weight is 320 g/mol. The lowest BCUT2D eigenvalue weighted by Crippen LogP contribution is -2.22. The van der Waals surface area contributed by atoms with E-state index < -0.39 is 0 Å². The van der Waals surface area contributed by atoms with E-state index in [1.54, 1.807) is 23.9 Å². The molecule has 0 unspecified atom stereocenters. The molecule has 4 heteroatoms. The number of pyridine rings is 2. The molecule has 0 saturated heterocycles. The lowest BCUT2D eigenvalue weighted by Gasteiger charge is -2.15. The number of aromatic nitrogens is 2. The van der Waals surface area contributed by atoms with Gasteiger partial charge in [-0.05, 0) is 38.5 Å². The van der Waals surface area contributed by atoms with Gasteiger partial charge in [0.25, 0.3) is 5.56 Å². The first-order valence-corrected chi connectivity index (χ1v) is 7.88. The smallest absolute Gasteiger partial charge is 0.261 e. The van der Waals surface area contributed by atoms with Crippen LogP contribution >= 0.6 is 0 Å². The zero-order valence-electron chi connectivity index (χ0n) is 14.1. The van der Waals surface area contributed by atoms with Crippen LogP contribution in [0.4, 0.5) is 0 Å². The molecule has 122 valence electrons. The van der Waals surface area contributed by atoms with Gasteiger partial charge in [-0.15, -0.1) is 0 Å². The van der Waals surface area contributed by atoms with Crippen molar-refractivity contribution in [3.8, 4) is 11.4 Å². The van der Waals surface area contributed by atoms with Crippen molar-refractivity contribution in [2.45, 2.75) is 27.4 Å². The minimum Gasteiger partial charge on any atom is -0.488 e. The maximum absolute atomic E-state index is 12.7. The molecule has 0 N–H and O–H groups in total. The molecule has 3 rings (SSSR count). The minimum absolute atomic E-state index is 0.0777. The van der Waals surface area contributed by atoms with E-state index in [-0.39, 0.29) is 5.56 Å². The Balaban J connectivity index is 1.93. The summed E-state index contributed by atoms with van der Waals surface area (Å²) >= 11 is 0. The molecule has 0 aliphatic carbocycles. The van der Waals surface area contributed by atoms with Crippen LogP contribution in [0.5, 0.6) is 5.75 Å². The van der Waals surface area contributed by atoms with E-state index in [9.17, 15) is 4.79 Å². The Hall–Kier alpha value is -2.88. The van der Waals surface area contributed by atoms with E-state index in [1.807, 2.05) is 37.4 Å². The first-order chi connectivity index (χ1) is 11.6. The van der Waals surface area contributed by atoms with Gasteiger partial charge in [0, 0.05) is 24.2 Å². The monoisotopic (exact) mass is 320 g/mol. The van der Waals surface area contributed by atoms with Crippen molar-refractivity contribution >= 4 is 0 Å². The zero-order valence-corrected chi connectivity index (χ0v) is 14.1. The third-order valence-electron chi connectivity index (χ3n) is 3.97. The highest BCUT2D eigenvalue weighted by molar-refractivity contribution is 5.42. The van der Waals surface area contributed by atoms with Gasteiger partial charge in [0.15, 0.2) is 0 Å². The van der Waals surface area contributed by atoms with Gasteiger partial charge in [-0.1, -0.05) is 29.8 Å². The normalized spacial score (nSPS) is 10.6. The second-order valence-corrected chi connectivity index (χ2v) is 5.92. The summed E-state index contributed by atoms with van der Waals surface area (Å²) in [5, 5.41) is 0. The van der Waals surface area contributed by atoms with Crippen LogP contribution in [0.2, 0.25) is 0 Å². The fraction of sp³-hybridized carbons (Fsp3) is 0.200. The number of ether oxygens (including phenoxy) is 1. The summed E-state index contributed by atoms with van der Waals surface area (Å²) in [6.07, 6.45) is 5.17. The minimum atomic E-state index is -0.0777. The van der Waals surface area contributed by atoms with Crippen LogP contribution in [-0.4, -0.2) is 9.55 Å². The molecule has 0 amide bonds. The van der Waals surface area contributed by atoms with Crippen LogP contribution in [0, 0.1) is 20.8 Å². The summed E-state index contributed by atoms with van der Waals surface area (Å²) in [5.74, 6) is 0.659. The Morgan fingerprint density at radius 1 is 1.08 bits per heavy atom. The number of rotatable bonds is 4. The molecule has 24 heavy (non-hydrogen) atoms. The first kappa shape index (κ1) is 16.0. The molecule has 2 aromatic heterocycles. The van der Waals surface area contributed by atoms with E-state index in [0.717, 1.165) is 16.8 Å². The highest BCUT2D eigenvalue weighted by Gasteiger charge is 2.12. The van der Waals surface area contributed by atoms with Crippen LogP contribution in [0.1, 0.15) is 22.3 Å². The van der Waals surface area contributed by atoms with Crippen LogP contribution in [0.15, 0.2) is 59.8 Å². The van der Waals surface area contributed by atoms with Crippen molar-refractivity contribution in [2.24, 2.45) is 0 Å². The third-order valence-corrected chi connectivity index (χ3v) is 3.97. The van der Waals surface area contributed by atoms with Gasteiger partial charge >= 0.3 is 0 Å². The van der Waals surface area contributed by atoms with Crippen molar-refractivity contribution in [1.82, 2.24) is 9.55 Å². The largest absolute Gasteiger partial charge is 0.488 e. The molecule has 0 aliphatic rings. The van der Waals surface area contributed by atoms with Crippen molar-refractivity contribution in [3.63, 3.8) is 0 Å². The molecule has 0 aliphatic heterocycles. The van der Waals surface area contributed by atoms with Crippen molar-refractivity contribution < 1.29 is 4.74 Å². The molecule has 0 radical (unpaired) electrons. The molecule has 0 atom stereocenters. The lowest BCUT2D eigenvalue weighted by atomic mass is 10.1. The van der Waals surface area contributed by atoms with Gasteiger partial charge in [-0.2, -0.15) is 0 Å². The molecule has 2 heterocycles. The van der Waals surface area contributed by atoms with Gasteiger partial charge in [-0.25, -0.2) is 0 Å². The highest BCUT2D eigenvalue weighted by Crippen LogP contribution is 2.22. The van der Waals surface area contributed by atoms with E-state index in [0.29, 0.717) is 17.9 Å². The lowest BCUT2D eigenvalue weighted by molar-refractivity contribution is 0.300. The first-order valence-electron chi connectivity index (χ1n) is 7.88. The Labute approximate surface area is 141 Å². The number of hydrogen-bond donors (Lipinski definition) is 0. The molecule has 4 nitrogen and oxygen atoms in total. The Morgan fingerprint density at radius 3 is 2.54 bits per heavy atom. The fourth-order valence-corrected chi connectivity index (χ4v) is 2.76. The predicted molar refractivity (Wildman–Crippen MR) is 94.8 cm³/mol. The molecule has 1 aromatic carbocycles. The molecule has 0 bridgehead atoms. The summed E-state index contributed by atoms with van der Waals surface area (Å²) in [6, 6.07) is 11.8. The number of benzene rings is 1. The maximum Gasteiger partial charge on any atom is 0.261 e. The Bertz CT molecular complexity index is 915. The number of nitrogens with zero attached hydrogens (tertiary/aromatic N) is 2. The van der Waals surface area contributed by atoms with Crippen molar-refractivity contribution in [3.05, 3.63) is 87.6 Å².